The van der Waals surface area contributed by atoms with Crippen LogP contribution >= 0.6 is 0 Å². The molecular weight excluding hydrogens is 217 g/mol. The molecule has 0 spiro atoms. The fourth-order valence-electron chi connectivity index (χ4n) is 1.46. The lowest BCUT2D eigenvalue weighted by atomic mass is 10.2. The Bertz CT molecular complexity index is 355. The molecule has 16 heavy (non-hydrogen) atoms. The molecule has 0 aliphatic carbocycles. The second-order valence-corrected chi connectivity index (χ2v) is 3.49. The molecule has 90 valence electrons. The van der Waals surface area contributed by atoms with E-state index in [0.717, 1.165) is 6.07 Å². The lowest BCUT2D eigenvalue weighted by Gasteiger charge is -2.19. The number of hydrogen-bond donors (Lipinski definition) is 1. The van der Waals surface area contributed by atoms with Crippen molar-refractivity contribution < 1.29 is 13.2 Å². The predicted octanol–water partition coefficient (Wildman–Crippen LogP) is 1.88. The van der Waals surface area contributed by atoms with Crippen LogP contribution in [-0.2, 0) is 6.54 Å². The maximum Gasteiger partial charge on any atom is 0.194 e. The minimum Gasteiger partial charge on any atom is -0.329 e. The minimum absolute atomic E-state index is 0.147. The summed E-state index contributed by atoms with van der Waals surface area (Å²) < 4.78 is 38.9. The van der Waals surface area contributed by atoms with E-state index >= 15 is 0 Å². The maximum atomic E-state index is 13.3. The van der Waals surface area contributed by atoms with Crippen LogP contribution in [-0.4, -0.2) is 24.5 Å². The number of nitrogens with zero attached hydrogens (tertiary/aromatic N) is 1. The molecule has 0 saturated heterocycles. The summed E-state index contributed by atoms with van der Waals surface area (Å²) in [5.74, 6) is -3.69. The first-order valence-electron chi connectivity index (χ1n) is 5.15. The molecule has 1 rings (SSSR count). The summed E-state index contributed by atoms with van der Waals surface area (Å²) in [6, 6.07) is 2.19. The van der Waals surface area contributed by atoms with Gasteiger partial charge in [0.05, 0.1) is 0 Å². The van der Waals surface area contributed by atoms with Gasteiger partial charge in [0, 0.05) is 25.2 Å². The molecule has 0 saturated carbocycles. The van der Waals surface area contributed by atoms with Gasteiger partial charge >= 0.3 is 0 Å². The fourth-order valence-corrected chi connectivity index (χ4v) is 1.46. The summed E-state index contributed by atoms with van der Waals surface area (Å²) in [5, 5.41) is 0. The number of likely N-dealkylation sites (N-methyl/N-ethyl adjacent to an activating group) is 1. The predicted molar refractivity (Wildman–Crippen MR) is 56.3 cm³/mol. The monoisotopic (exact) mass is 232 g/mol. The van der Waals surface area contributed by atoms with Crippen molar-refractivity contribution in [3.63, 3.8) is 0 Å². The molecule has 1 aromatic carbocycles. The summed E-state index contributed by atoms with van der Waals surface area (Å²) in [6.45, 7) is 3.84. The van der Waals surface area contributed by atoms with Crippen LogP contribution < -0.4 is 5.73 Å². The first-order valence-corrected chi connectivity index (χ1v) is 5.15. The average Bonchev–Trinajstić information content (AvgIpc) is 2.29. The topological polar surface area (TPSA) is 29.3 Å². The highest BCUT2D eigenvalue weighted by atomic mass is 19.2. The van der Waals surface area contributed by atoms with Crippen LogP contribution in [0.25, 0.3) is 0 Å². The van der Waals surface area contributed by atoms with Crippen molar-refractivity contribution in [1.82, 2.24) is 4.90 Å². The van der Waals surface area contributed by atoms with Gasteiger partial charge in [-0.15, -0.1) is 0 Å². The van der Waals surface area contributed by atoms with Crippen LogP contribution in [0.3, 0.4) is 0 Å². The number of rotatable bonds is 5. The highest BCUT2D eigenvalue weighted by molar-refractivity contribution is 5.20. The quantitative estimate of drug-likeness (QED) is 0.785. The van der Waals surface area contributed by atoms with E-state index in [9.17, 15) is 13.2 Å². The Kier molecular flexibility index (Phi) is 4.76. The molecule has 0 aliphatic heterocycles. The number of benzene rings is 1. The van der Waals surface area contributed by atoms with Crippen molar-refractivity contribution >= 4 is 0 Å². The van der Waals surface area contributed by atoms with Crippen molar-refractivity contribution in [2.24, 2.45) is 5.73 Å². The smallest absolute Gasteiger partial charge is 0.194 e. The zero-order valence-electron chi connectivity index (χ0n) is 9.14. The van der Waals surface area contributed by atoms with Crippen molar-refractivity contribution in [2.45, 2.75) is 13.5 Å². The lowest BCUT2D eigenvalue weighted by Crippen LogP contribution is -2.29. The molecule has 0 aromatic heterocycles. The molecular formula is C11H15F3N2. The molecule has 5 heteroatoms. The third-order valence-corrected chi connectivity index (χ3v) is 2.40. The van der Waals surface area contributed by atoms with Gasteiger partial charge < -0.3 is 5.73 Å². The van der Waals surface area contributed by atoms with E-state index in [1.165, 1.54) is 6.07 Å². The largest absolute Gasteiger partial charge is 0.329 e. The van der Waals surface area contributed by atoms with Crippen LogP contribution in [0.15, 0.2) is 12.1 Å². The van der Waals surface area contributed by atoms with Gasteiger partial charge in [-0.25, -0.2) is 13.2 Å². The molecule has 0 fully saturated rings. The van der Waals surface area contributed by atoms with E-state index in [2.05, 4.69) is 0 Å². The third-order valence-electron chi connectivity index (χ3n) is 2.40. The number of nitrogens with two attached hydrogens (primary N) is 1. The van der Waals surface area contributed by atoms with Crippen LogP contribution in [0, 0.1) is 17.5 Å². The van der Waals surface area contributed by atoms with Gasteiger partial charge in [0.2, 0.25) is 0 Å². The van der Waals surface area contributed by atoms with E-state index < -0.39 is 17.5 Å². The Morgan fingerprint density at radius 1 is 1.19 bits per heavy atom. The summed E-state index contributed by atoms with van der Waals surface area (Å²) >= 11 is 0. The molecule has 0 unspecified atom stereocenters. The first kappa shape index (κ1) is 13.0. The van der Waals surface area contributed by atoms with E-state index in [4.69, 9.17) is 5.73 Å². The zero-order chi connectivity index (χ0) is 12.1. The van der Waals surface area contributed by atoms with Crippen molar-refractivity contribution in [1.29, 1.82) is 0 Å². The SMILES string of the molecule is CCN(CCN)Cc1ccc(F)c(F)c1F. The number of halogens is 3. The highest BCUT2D eigenvalue weighted by Gasteiger charge is 2.14. The Morgan fingerprint density at radius 3 is 2.44 bits per heavy atom. The second kappa shape index (κ2) is 5.86. The van der Waals surface area contributed by atoms with E-state index in [0.29, 0.717) is 19.6 Å². The lowest BCUT2D eigenvalue weighted by molar-refractivity contribution is 0.281. The molecule has 0 atom stereocenters. The average molecular weight is 232 g/mol. The molecule has 0 radical (unpaired) electrons. The van der Waals surface area contributed by atoms with Crippen LogP contribution in [0.2, 0.25) is 0 Å². The first-order chi connectivity index (χ1) is 7.60. The Morgan fingerprint density at radius 2 is 1.88 bits per heavy atom. The second-order valence-electron chi connectivity index (χ2n) is 3.49. The van der Waals surface area contributed by atoms with Crippen molar-refractivity contribution in [3.8, 4) is 0 Å². The molecule has 0 bridgehead atoms. The van der Waals surface area contributed by atoms with Gasteiger partial charge in [0.15, 0.2) is 17.5 Å². The summed E-state index contributed by atoms with van der Waals surface area (Å²) in [7, 11) is 0. The van der Waals surface area contributed by atoms with Gasteiger partial charge in [0.25, 0.3) is 0 Å². The summed E-state index contributed by atoms with van der Waals surface area (Å²) in [5.41, 5.74) is 5.53. The van der Waals surface area contributed by atoms with E-state index in [-0.39, 0.29) is 12.1 Å². The van der Waals surface area contributed by atoms with Gasteiger partial charge in [-0.1, -0.05) is 13.0 Å². The standard InChI is InChI=1S/C11H15F3N2/c1-2-16(6-5-15)7-8-3-4-9(12)11(14)10(8)13/h3-4H,2,5-7,15H2,1H3. The summed E-state index contributed by atoms with van der Waals surface area (Å²) in [4.78, 5) is 1.86. The molecule has 2 nitrogen and oxygen atoms in total. The van der Waals surface area contributed by atoms with E-state index in [1.54, 1.807) is 0 Å². The van der Waals surface area contributed by atoms with Crippen LogP contribution in [0.5, 0.6) is 0 Å². The maximum absolute atomic E-state index is 13.3. The molecule has 0 amide bonds. The van der Waals surface area contributed by atoms with Crippen LogP contribution in [0.1, 0.15) is 12.5 Å². The van der Waals surface area contributed by atoms with E-state index in [1.807, 2.05) is 11.8 Å². The molecule has 0 heterocycles. The zero-order valence-corrected chi connectivity index (χ0v) is 9.14. The highest BCUT2D eigenvalue weighted by Crippen LogP contribution is 2.16. The normalized spacial score (nSPS) is 11.1. The minimum atomic E-state index is -1.42. The molecule has 2 N–H and O–H groups in total. The Hall–Kier alpha value is -1.07. The van der Waals surface area contributed by atoms with Gasteiger partial charge in [-0.2, -0.15) is 0 Å². The van der Waals surface area contributed by atoms with Gasteiger partial charge in [-0.3, -0.25) is 4.90 Å². The van der Waals surface area contributed by atoms with Gasteiger partial charge in [-0.05, 0) is 12.6 Å². The van der Waals surface area contributed by atoms with Gasteiger partial charge in [0.1, 0.15) is 0 Å². The summed E-state index contributed by atoms with van der Waals surface area (Å²) in [6.07, 6.45) is 0. The fraction of sp³-hybridized carbons (Fsp3) is 0.455. The Labute approximate surface area is 92.9 Å². The van der Waals surface area contributed by atoms with Crippen molar-refractivity contribution in [2.75, 3.05) is 19.6 Å². The van der Waals surface area contributed by atoms with Crippen LogP contribution in [0.4, 0.5) is 13.2 Å². The van der Waals surface area contributed by atoms with Crippen molar-refractivity contribution in [3.05, 3.63) is 35.1 Å². The Balaban J connectivity index is 2.84. The molecule has 1 aromatic rings. The molecule has 0 aliphatic rings. The third kappa shape index (κ3) is 2.96. The number of hydrogen-bond acceptors (Lipinski definition) is 2.